The van der Waals surface area contributed by atoms with Gasteiger partial charge in [-0.15, -0.1) is 0 Å². The number of fused-ring (bicyclic) bond motifs is 4. The third-order valence-electron chi connectivity index (χ3n) is 11.6. The van der Waals surface area contributed by atoms with Crippen LogP contribution < -0.4 is 0 Å². The molecule has 266 valence electrons. The molecule has 56 heavy (non-hydrogen) atoms. The molecule has 0 atom stereocenters. The van der Waals surface area contributed by atoms with Crippen molar-refractivity contribution in [2.24, 2.45) is 0 Å². The van der Waals surface area contributed by atoms with Crippen LogP contribution in [0.4, 0.5) is 0 Å². The minimum atomic E-state index is -0.0170. The second kappa shape index (κ2) is 13.5. The quantitative estimate of drug-likeness (QED) is 0.156. The molecule has 0 radical (unpaired) electrons. The largest absolute Gasteiger partial charge is 0.0622 e. The van der Waals surface area contributed by atoms with Crippen molar-refractivity contribution in [2.75, 3.05) is 0 Å². The Hall–Kier alpha value is -6.76. The minimum Gasteiger partial charge on any atom is -0.0622 e. The van der Waals surface area contributed by atoms with E-state index in [0.29, 0.717) is 0 Å². The summed E-state index contributed by atoms with van der Waals surface area (Å²) in [6, 6.07) is 74.2. The van der Waals surface area contributed by atoms with Gasteiger partial charge in [-0.2, -0.15) is 0 Å². The van der Waals surface area contributed by atoms with Gasteiger partial charge in [-0.1, -0.05) is 197 Å². The van der Waals surface area contributed by atoms with Gasteiger partial charge in [0.1, 0.15) is 0 Å². The molecule has 0 aliphatic carbocycles. The zero-order valence-electron chi connectivity index (χ0n) is 32.1. The SMILES string of the molecule is CC(C)(C)c1ccc2c(-c3cccc(-c4cccc5ccccc45)c3)c3cc(-c4ccccc4)ccc3c(-c3cccc(-c4cccc5ccccc45)c3)c2c1. The maximum absolute atomic E-state index is 2.47. The van der Waals surface area contributed by atoms with E-state index in [1.807, 2.05) is 0 Å². The van der Waals surface area contributed by atoms with Crippen LogP contribution in [-0.2, 0) is 5.41 Å². The lowest BCUT2D eigenvalue weighted by molar-refractivity contribution is 0.591. The predicted molar refractivity (Wildman–Crippen MR) is 242 cm³/mol. The van der Waals surface area contributed by atoms with E-state index in [4.69, 9.17) is 0 Å². The summed E-state index contributed by atoms with van der Waals surface area (Å²) < 4.78 is 0. The van der Waals surface area contributed by atoms with Gasteiger partial charge in [0, 0.05) is 0 Å². The first-order valence-corrected chi connectivity index (χ1v) is 19.7. The maximum Gasteiger partial charge on any atom is -0.00259 e. The van der Waals surface area contributed by atoms with Crippen LogP contribution in [0.2, 0.25) is 0 Å². The zero-order valence-corrected chi connectivity index (χ0v) is 32.1. The fraction of sp³-hybridized carbons (Fsp3) is 0.0714. The Morgan fingerprint density at radius 3 is 1.29 bits per heavy atom. The summed E-state index contributed by atoms with van der Waals surface area (Å²) in [5, 5.41) is 10.1. The molecule has 0 N–H and O–H groups in total. The highest BCUT2D eigenvalue weighted by Crippen LogP contribution is 2.47. The molecule has 0 fully saturated rings. The first kappa shape index (κ1) is 33.8. The molecule has 0 saturated heterocycles. The van der Waals surface area contributed by atoms with Gasteiger partial charge in [0.25, 0.3) is 0 Å². The topological polar surface area (TPSA) is 0 Å². The summed E-state index contributed by atoms with van der Waals surface area (Å²) in [6.45, 7) is 6.95. The summed E-state index contributed by atoms with van der Waals surface area (Å²) in [7, 11) is 0. The van der Waals surface area contributed by atoms with Gasteiger partial charge in [0.05, 0.1) is 0 Å². The molecule has 0 aliphatic rings. The second-order valence-corrected chi connectivity index (χ2v) is 16.1. The van der Waals surface area contributed by atoms with Crippen molar-refractivity contribution in [2.45, 2.75) is 26.2 Å². The molecular formula is C56H42. The van der Waals surface area contributed by atoms with E-state index < -0.39 is 0 Å². The fourth-order valence-electron chi connectivity index (χ4n) is 8.77. The molecule has 0 heterocycles. The first-order chi connectivity index (χ1) is 27.4. The molecule has 0 nitrogen and oxygen atoms in total. The van der Waals surface area contributed by atoms with Gasteiger partial charge in [0.15, 0.2) is 0 Å². The van der Waals surface area contributed by atoms with Crippen LogP contribution in [0.1, 0.15) is 26.3 Å². The van der Waals surface area contributed by atoms with Gasteiger partial charge in [-0.25, -0.2) is 0 Å². The summed E-state index contributed by atoms with van der Waals surface area (Å²) in [6.07, 6.45) is 0. The lowest BCUT2D eigenvalue weighted by Gasteiger charge is -2.23. The van der Waals surface area contributed by atoms with E-state index in [1.54, 1.807) is 0 Å². The van der Waals surface area contributed by atoms with Crippen molar-refractivity contribution in [3.8, 4) is 55.6 Å². The van der Waals surface area contributed by atoms with E-state index in [2.05, 4.69) is 221 Å². The number of hydrogen-bond donors (Lipinski definition) is 0. The van der Waals surface area contributed by atoms with Crippen molar-refractivity contribution in [3.05, 3.63) is 206 Å². The van der Waals surface area contributed by atoms with Crippen LogP contribution >= 0.6 is 0 Å². The molecule has 0 bridgehead atoms. The molecule has 0 amide bonds. The van der Waals surface area contributed by atoms with Crippen LogP contribution in [0.5, 0.6) is 0 Å². The normalized spacial score (nSPS) is 11.8. The second-order valence-electron chi connectivity index (χ2n) is 16.1. The van der Waals surface area contributed by atoms with Gasteiger partial charge >= 0.3 is 0 Å². The Bertz CT molecular complexity index is 3090. The molecule has 0 saturated carbocycles. The van der Waals surface area contributed by atoms with E-state index >= 15 is 0 Å². The monoisotopic (exact) mass is 714 g/mol. The van der Waals surface area contributed by atoms with Gasteiger partial charge in [-0.3, -0.25) is 0 Å². The highest BCUT2D eigenvalue weighted by atomic mass is 14.3. The highest BCUT2D eigenvalue weighted by Gasteiger charge is 2.22. The zero-order chi connectivity index (χ0) is 37.8. The minimum absolute atomic E-state index is 0.0170. The van der Waals surface area contributed by atoms with Gasteiger partial charge < -0.3 is 0 Å². The molecule has 10 rings (SSSR count). The van der Waals surface area contributed by atoms with E-state index in [-0.39, 0.29) is 5.41 Å². The average molecular weight is 715 g/mol. The third kappa shape index (κ3) is 5.86. The van der Waals surface area contributed by atoms with Crippen molar-refractivity contribution >= 4 is 43.1 Å². The number of benzene rings is 10. The van der Waals surface area contributed by atoms with Crippen molar-refractivity contribution in [1.29, 1.82) is 0 Å². The molecular weight excluding hydrogens is 673 g/mol. The third-order valence-corrected chi connectivity index (χ3v) is 11.6. The molecule has 0 aliphatic heterocycles. The molecule has 10 aromatic carbocycles. The average Bonchev–Trinajstić information content (AvgIpc) is 3.24. The van der Waals surface area contributed by atoms with E-state index in [0.717, 1.165) is 0 Å². The lowest BCUT2D eigenvalue weighted by atomic mass is 9.80. The lowest BCUT2D eigenvalue weighted by Crippen LogP contribution is -2.10. The summed E-state index contributed by atoms with van der Waals surface area (Å²) in [5.41, 5.74) is 13.7. The van der Waals surface area contributed by atoms with Crippen molar-refractivity contribution in [3.63, 3.8) is 0 Å². The van der Waals surface area contributed by atoms with Crippen LogP contribution in [0.25, 0.3) is 98.7 Å². The summed E-state index contributed by atoms with van der Waals surface area (Å²) >= 11 is 0. The number of rotatable bonds is 5. The Kier molecular flexibility index (Phi) is 8.15. The molecule has 0 unspecified atom stereocenters. The van der Waals surface area contributed by atoms with Gasteiger partial charge in [0.2, 0.25) is 0 Å². The van der Waals surface area contributed by atoms with Crippen molar-refractivity contribution in [1.82, 2.24) is 0 Å². The molecule has 10 aromatic rings. The smallest absolute Gasteiger partial charge is 0.00259 e. The molecule has 0 aromatic heterocycles. The van der Waals surface area contributed by atoms with Crippen LogP contribution in [0, 0.1) is 0 Å². The molecule has 0 heteroatoms. The molecule has 0 spiro atoms. The van der Waals surface area contributed by atoms with E-state index in [9.17, 15) is 0 Å². The summed E-state index contributed by atoms with van der Waals surface area (Å²) in [5.74, 6) is 0. The Morgan fingerprint density at radius 1 is 0.268 bits per heavy atom. The highest BCUT2D eigenvalue weighted by molar-refractivity contribution is 6.22. The van der Waals surface area contributed by atoms with Crippen LogP contribution in [0.3, 0.4) is 0 Å². The fourth-order valence-corrected chi connectivity index (χ4v) is 8.77. The maximum atomic E-state index is 2.47. The van der Waals surface area contributed by atoms with Crippen LogP contribution in [-0.4, -0.2) is 0 Å². The Morgan fingerprint density at radius 2 is 0.714 bits per heavy atom. The summed E-state index contributed by atoms with van der Waals surface area (Å²) in [4.78, 5) is 0. The Labute approximate surface area is 329 Å². The Balaban J connectivity index is 1.29. The van der Waals surface area contributed by atoms with E-state index in [1.165, 1.54) is 104 Å². The standard InChI is InChI=1S/C56H42/c1-56(2,3)45-30-32-51-53(36-45)55(44-24-12-22-42(34-44)49-28-14-20-39-18-8-10-26-47(39)49)50-31-29-40(37-15-5-4-6-16-37)35-52(50)54(51)43-23-11-21-41(33-43)48-27-13-19-38-17-7-9-25-46(38)48/h4-36H,1-3H3. The first-order valence-electron chi connectivity index (χ1n) is 19.7. The predicted octanol–water partition coefficient (Wildman–Crippen LogP) is 15.9. The number of hydrogen-bond acceptors (Lipinski definition) is 0. The van der Waals surface area contributed by atoms with Crippen molar-refractivity contribution < 1.29 is 0 Å². The van der Waals surface area contributed by atoms with Crippen LogP contribution in [0.15, 0.2) is 200 Å². The van der Waals surface area contributed by atoms with Gasteiger partial charge in [-0.05, 0) is 134 Å².